The Hall–Kier alpha value is -3.94. The van der Waals surface area contributed by atoms with Gasteiger partial charge in [-0.2, -0.15) is 0 Å². The molecule has 0 aliphatic heterocycles. The number of hydrogen-bond donors (Lipinski definition) is 1. The summed E-state index contributed by atoms with van der Waals surface area (Å²) in [6.07, 6.45) is 2.31. The molecule has 0 fully saturated rings. The Bertz CT molecular complexity index is 1200. The van der Waals surface area contributed by atoms with Gasteiger partial charge in [0.05, 0.1) is 32.6 Å². The molecule has 33 heavy (non-hydrogen) atoms. The van der Waals surface area contributed by atoms with Crippen molar-refractivity contribution in [2.75, 3.05) is 26.6 Å². The molecular weight excluding hydrogens is 422 g/mol. The van der Waals surface area contributed by atoms with E-state index >= 15 is 0 Å². The van der Waals surface area contributed by atoms with Gasteiger partial charge in [0, 0.05) is 18.2 Å². The van der Waals surface area contributed by atoms with E-state index in [1.165, 1.54) is 6.20 Å². The van der Waals surface area contributed by atoms with Crippen LogP contribution in [0.25, 0.3) is 0 Å². The van der Waals surface area contributed by atoms with Gasteiger partial charge in [0.15, 0.2) is 17.3 Å². The molecule has 4 rings (SSSR count). The first-order valence-corrected chi connectivity index (χ1v) is 10.5. The minimum atomic E-state index is -0.304. The van der Waals surface area contributed by atoms with Crippen LogP contribution in [0.1, 0.15) is 49.9 Å². The molecule has 0 radical (unpaired) electrons. The lowest BCUT2D eigenvalue weighted by molar-refractivity contribution is 0.0962. The lowest BCUT2D eigenvalue weighted by atomic mass is 9.82. The lowest BCUT2D eigenvalue weighted by Gasteiger charge is -2.24. The van der Waals surface area contributed by atoms with Crippen molar-refractivity contribution >= 4 is 17.6 Å². The number of benzene rings is 2. The quantitative estimate of drug-likeness (QED) is 0.610. The number of ketones is 1. The van der Waals surface area contributed by atoms with Crippen LogP contribution in [0.2, 0.25) is 0 Å². The first-order chi connectivity index (χ1) is 15.9. The van der Waals surface area contributed by atoms with Crippen LogP contribution in [0.15, 0.2) is 42.6 Å². The summed E-state index contributed by atoms with van der Waals surface area (Å²) in [7, 11) is 4.65. The predicted molar refractivity (Wildman–Crippen MR) is 123 cm³/mol. The SMILES string of the molecule is COc1cc([C@@H]2CC(=O)c3cnc(NC(=O)c4cccc(C)c4)nc3C2)cc(OC)c1OC. The number of ether oxygens (including phenoxy) is 3. The average Bonchev–Trinajstić information content (AvgIpc) is 2.82. The van der Waals surface area contributed by atoms with E-state index in [0.29, 0.717) is 46.9 Å². The van der Waals surface area contributed by atoms with Crippen LogP contribution in [0, 0.1) is 6.92 Å². The van der Waals surface area contributed by atoms with Gasteiger partial charge in [-0.3, -0.25) is 14.9 Å². The Morgan fingerprint density at radius 2 is 1.76 bits per heavy atom. The molecule has 1 heterocycles. The number of nitrogens with zero attached hydrogens (tertiary/aromatic N) is 2. The minimum absolute atomic E-state index is 0.0495. The zero-order valence-electron chi connectivity index (χ0n) is 19.0. The largest absolute Gasteiger partial charge is 0.493 e. The number of hydrogen-bond acceptors (Lipinski definition) is 7. The maximum Gasteiger partial charge on any atom is 0.258 e. The van der Waals surface area contributed by atoms with E-state index in [1.807, 2.05) is 31.2 Å². The Kier molecular flexibility index (Phi) is 6.26. The standard InChI is InChI=1S/C25H25N3O5/c1-14-6-5-7-15(8-14)24(30)28-25-26-13-18-19(27-25)9-16(10-20(18)29)17-11-21(31-2)23(33-4)22(12-17)32-3/h5-8,11-13,16H,9-10H2,1-4H3,(H,26,27,28,30)/t16-/m0/s1. The monoisotopic (exact) mass is 447 g/mol. The molecule has 0 spiro atoms. The van der Waals surface area contributed by atoms with Gasteiger partial charge in [-0.1, -0.05) is 17.7 Å². The minimum Gasteiger partial charge on any atom is -0.493 e. The maximum absolute atomic E-state index is 12.8. The Morgan fingerprint density at radius 3 is 2.39 bits per heavy atom. The van der Waals surface area contributed by atoms with Crippen molar-refractivity contribution in [3.05, 3.63) is 70.5 Å². The van der Waals surface area contributed by atoms with Gasteiger partial charge in [0.25, 0.3) is 5.91 Å². The van der Waals surface area contributed by atoms with Gasteiger partial charge in [0.1, 0.15) is 0 Å². The van der Waals surface area contributed by atoms with Gasteiger partial charge in [-0.25, -0.2) is 9.97 Å². The van der Waals surface area contributed by atoms with E-state index in [9.17, 15) is 9.59 Å². The van der Waals surface area contributed by atoms with Crippen molar-refractivity contribution in [1.29, 1.82) is 0 Å². The number of aromatic nitrogens is 2. The normalized spacial score (nSPS) is 14.9. The molecule has 1 amide bonds. The third kappa shape index (κ3) is 4.50. The number of nitrogens with one attached hydrogen (secondary N) is 1. The second-order valence-electron chi connectivity index (χ2n) is 7.86. The fourth-order valence-electron chi connectivity index (χ4n) is 4.04. The van der Waals surface area contributed by atoms with Crippen LogP contribution in [-0.4, -0.2) is 43.0 Å². The van der Waals surface area contributed by atoms with Gasteiger partial charge < -0.3 is 14.2 Å². The third-order valence-corrected chi connectivity index (χ3v) is 5.70. The van der Waals surface area contributed by atoms with Crippen molar-refractivity contribution in [2.24, 2.45) is 0 Å². The Labute approximate surface area is 191 Å². The molecular formula is C25H25N3O5. The van der Waals surface area contributed by atoms with Gasteiger partial charge in [-0.05, 0) is 49.1 Å². The van der Waals surface area contributed by atoms with E-state index < -0.39 is 0 Å². The topological polar surface area (TPSA) is 99.6 Å². The van der Waals surface area contributed by atoms with Gasteiger partial charge in [-0.15, -0.1) is 0 Å². The van der Waals surface area contributed by atoms with Crippen LogP contribution in [-0.2, 0) is 6.42 Å². The highest BCUT2D eigenvalue weighted by molar-refractivity contribution is 6.03. The Morgan fingerprint density at radius 1 is 1.03 bits per heavy atom. The molecule has 1 N–H and O–H groups in total. The first kappa shape index (κ1) is 22.3. The number of aryl methyl sites for hydroxylation is 1. The summed E-state index contributed by atoms with van der Waals surface area (Å²) in [5, 5.41) is 2.73. The first-order valence-electron chi connectivity index (χ1n) is 10.5. The predicted octanol–water partition coefficient (Wildman–Crippen LogP) is 3.98. The van der Waals surface area contributed by atoms with Gasteiger partial charge >= 0.3 is 0 Å². The second-order valence-corrected chi connectivity index (χ2v) is 7.86. The molecule has 3 aromatic rings. The van der Waals surface area contributed by atoms with Crippen molar-refractivity contribution in [3.63, 3.8) is 0 Å². The van der Waals surface area contributed by atoms with Crippen LogP contribution >= 0.6 is 0 Å². The molecule has 8 heteroatoms. The summed E-state index contributed by atoms with van der Waals surface area (Å²) in [6, 6.07) is 11.0. The van der Waals surface area contributed by atoms with Crippen LogP contribution < -0.4 is 19.5 Å². The lowest BCUT2D eigenvalue weighted by Crippen LogP contribution is -2.22. The van der Waals surface area contributed by atoms with E-state index in [4.69, 9.17) is 14.2 Å². The highest BCUT2D eigenvalue weighted by atomic mass is 16.5. The summed E-state index contributed by atoms with van der Waals surface area (Å²) in [4.78, 5) is 34.1. The molecule has 8 nitrogen and oxygen atoms in total. The van der Waals surface area contributed by atoms with Gasteiger partial charge in [0.2, 0.25) is 11.7 Å². The summed E-state index contributed by atoms with van der Waals surface area (Å²) in [5.74, 6) is 1.23. The molecule has 1 aromatic heterocycles. The Balaban J connectivity index is 1.62. The summed E-state index contributed by atoms with van der Waals surface area (Å²) >= 11 is 0. The number of carbonyl (C=O) groups is 2. The molecule has 0 saturated heterocycles. The highest BCUT2D eigenvalue weighted by Crippen LogP contribution is 2.42. The van der Waals surface area contributed by atoms with E-state index in [-0.39, 0.29) is 23.6 Å². The number of methoxy groups -OCH3 is 3. The van der Waals surface area contributed by atoms with Crippen molar-refractivity contribution in [1.82, 2.24) is 9.97 Å². The summed E-state index contributed by atoms with van der Waals surface area (Å²) in [6.45, 7) is 1.92. The van der Waals surface area contributed by atoms with Crippen molar-refractivity contribution in [3.8, 4) is 17.2 Å². The summed E-state index contributed by atoms with van der Waals surface area (Å²) in [5.41, 5.74) is 3.45. The van der Waals surface area contributed by atoms with Crippen LogP contribution in [0.5, 0.6) is 17.2 Å². The third-order valence-electron chi connectivity index (χ3n) is 5.70. The second kappa shape index (κ2) is 9.28. The number of carbonyl (C=O) groups excluding carboxylic acids is 2. The molecule has 0 saturated carbocycles. The number of amides is 1. The van der Waals surface area contributed by atoms with Crippen molar-refractivity contribution in [2.45, 2.75) is 25.7 Å². The fraction of sp³-hybridized carbons (Fsp3) is 0.280. The van der Waals surface area contributed by atoms with E-state index in [2.05, 4.69) is 15.3 Å². The summed E-state index contributed by atoms with van der Waals surface area (Å²) < 4.78 is 16.3. The molecule has 1 atom stereocenters. The molecule has 170 valence electrons. The molecule has 1 aliphatic rings. The fourth-order valence-corrected chi connectivity index (χ4v) is 4.04. The van der Waals surface area contributed by atoms with E-state index in [0.717, 1.165) is 11.1 Å². The highest BCUT2D eigenvalue weighted by Gasteiger charge is 2.30. The molecule has 0 unspecified atom stereocenters. The molecule has 0 bridgehead atoms. The smallest absolute Gasteiger partial charge is 0.258 e. The number of anilines is 1. The number of fused-ring (bicyclic) bond motifs is 1. The molecule has 1 aliphatic carbocycles. The molecule has 2 aromatic carbocycles. The maximum atomic E-state index is 12.8. The average molecular weight is 447 g/mol. The zero-order valence-corrected chi connectivity index (χ0v) is 19.0. The van der Waals surface area contributed by atoms with Crippen LogP contribution in [0.4, 0.5) is 5.95 Å². The van der Waals surface area contributed by atoms with E-state index in [1.54, 1.807) is 33.5 Å². The number of rotatable bonds is 6. The van der Waals surface area contributed by atoms with Crippen LogP contribution in [0.3, 0.4) is 0 Å². The van der Waals surface area contributed by atoms with Crippen molar-refractivity contribution < 1.29 is 23.8 Å². The number of Topliss-reactive ketones (excluding diaryl/α,β-unsaturated/α-hetero) is 1. The zero-order chi connectivity index (χ0) is 23.5.